The average molecular weight is 235 g/mol. The Kier molecular flexibility index (Phi) is 3.52. The smallest absolute Gasteiger partial charge is 0.220 e. The second kappa shape index (κ2) is 5.08. The van der Waals surface area contributed by atoms with Crippen LogP contribution < -0.4 is 14.8 Å². The third-order valence-electron chi connectivity index (χ3n) is 3.14. The van der Waals surface area contributed by atoms with Crippen molar-refractivity contribution >= 4 is 5.91 Å². The van der Waals surface area contributed by atoms with Crippen LogP contribution in [0.4, 0.5) is 0 Å². The van der Waals surface area contributed by atoms with Gasteiger partial charge in [0, 0.05) is 18.9 Å². The van der Waals surface area contributed by atoms with Gasteiger partial charge >= 0.3 is 0 Å². The summed E-state index contributed by atoms with van der Waals surface area (Å²) in [5.41, 5.74) is 1.18. The summed E-state index contributed by atoms with van der Waals surface area (Å²) in [6.45, 7) is 0.703. The Balaban J connectivity index is 2.18. The predicted molar refractivity (Wildman–Crippen MR) is 64.5 cm³/mol. The number of carbonyl (C=O) groups excluding carboxylic acids is 1. The van der Waals surface area contributed by atoms with Crippen LogP contribution in [0, 0.1) is 0 Å². The summed E-state index contributed by atoms with van der Waals surface area (Å²) in [5.74, 6) is 1.98. The monoisotopic (exact) mass is 235 g/mol. The molecule has 1 saturated heterocycles. The van der Waals surface area contributed by atoms with Crippen molar-refractivity contribution in [2.75, 3.05) is 20.8 Å². The number of hydrogen-bond acceptors (Lipinski definition) is 3. The summed E-state index contributed by atoms with van der Waals surface area (Å²) < 4.78 is 10.5. The highest BCUT2D eigenvalue weighted by atomic mass is 16.5. The number of piperidine rings is 1. The zero-order chi connectivity index (χ0) is 12.3. The molecule has 0 spiro atoms. The van der Waals surface area contributed by atoms with Crippen molar-refractivity contribution in [2.45, 2.75) is 18.8 Å². The number of benzene rings is 1. The fraction of sp³-hybridized carbons (Fsp3) is 0.462. The Hall–Kier alpha value is -1.71. The van der Waals surface area contributed by atoms with Gasteiger partial charge < -0.3 is 14.8 Å². The van der Waals surface area contributed by atoms with Gasteiger partial charge in [0.15, 0.2) is 11.5 Å². The van der Waals surface area contributed by atoms with Crippen LogP contribution in [0.2, 0.25) is 0 Å². The van der Waals surface area contributed by atoms with Crippen LogP contribution in [0.1, 0.15) is 24.3 Å². The molecule has 1 N–H and O–H groups in total. The number of carbonyl (C=O) groups is 1. The second-order valence-corrected chi connectivity index (χ2v) is 4.15. The van der Waals surface area contributed by atoms with Crippen LogP contribution in [0.15, 0.2) is 18.2 Å². The maximum atomic E-state index is 11.1. The number of amides is 1. The maximum absolute atomic E-state index is 11.1. The number of hydrogen-bond donors (Lipinski definition) is 1. The molecule has 0 bridgehead atoms. The first-order chi connectivity index (χ1) is 8.24. The molecule has 1 aromatic rings. The number of methoxy groups -OCH3 is 2. The quantitative estimate of drug-likeness (QED) is 0.867. The van der Waals surface area contributed by atoms with Crippen molar-refractivity contribution in [3.8, 4) is 11.5 Å². The molecule has 1 aliphatic heterocycles. The molecule has 1 aromatic carbocycles. The topological polar surface area (TPSA) is 47.6 Å². The van der Waals surface area contributed by atoms with E-state index in [0.29, 0.717) is 18.9 Å². The van der Waals surface area contributed by atoms with E-state index >= 15 is 0 Å². The molecule has 0 radical (unpaired) electrons. The summed E-state index contributed by atoms with van der Waals surface area (Å²) >= 11 is 0. The molecular formula is C13H17NO3. The first-order valence-corrected chi connectivity index (χ1v) is 5.73. The minimum atomic E-state index is 0.140. The standard InChI is InChI=1S/C13H17NO3/c1-16-11-5-3-9(7-12(11)17-2)10-4-6-13(15)14-8-10/h3,5,7,10H,4,6,8H2,1-2H3,(H,14,15)/t10-/m1/s1. The van der Waals surface area contributed by atoms with E-state index in [-0.39, 0.29) is 5.91 Å². The lowest BCUT2D eigenvalue weighted by atomic mass is 9.91. The van der Waals surface area contributed by atoms with E-state index in [9.17, 15) is 4.79 Å². The van der Waals surface area contributed by atoms with Crippen molar-refractivity contribution in [3.05, 3.63) is 23.8 Å². The molecule has 2 rings (SSSR count). The third kappa shape index (κ3) is 2.52. The first-order valence-electron chi connectivity index (χ1n) is 5.73. The van der Waals surface area contributed by atoms with Crippen LogP contribution in [0.3, 0.4) is 0 Å². The molecule has 92 valence electrons. The SMILES string of the molecule is COc1ccc([C@@H]2CCC(=O)NC2)cc1OC. The summed E-state index contributed by atoms with van der Waals surface area (Å²) in [5, 5.41) is 2.89. The van der Waals surface area contributed by atoms with Crippen molar-refractivity contribution < 1.29 is 14.3 Å². The molecule has 1 aliphatic rings. The second-order valence-electron chi connectivity index (χ2n) is 4.15. The summed E-state index contributed by atoms with van der Waals surface area (Å²) in [4.78, 5) is 11.1. The lowest BCUT2D eigenvalue weighted by Gasteiger charge is -2.23. The molecule has 4 nitrogen and oxygen atoms in total. The molecule has 0 aromatic heterocycles. The van der Waals surface area contributed by atoms with E-state index in [1.54, 1.807) is 14.2 Å². The van der Waals surface area contributed by atoms with Crippen LogP contribution >= 0.6 is 0 Å². The average Bonchev–Trinajstić information content (AvgIpc) is 2.39. The third-order valence-corrected chi connectivity index (χ3v) is 3.14. The van der Waals surface area contributed by atoms with Gasteiger partial charge in [-0.3, -0.25) is 4.79 Å². The minimum Gasteiger partial charge on any atom is -0.493 e. The highest BCUT2D eigenvalue weighted by Gasteiger charge is 2.20. The first kappa shape index (κ1) is 11.8. The number of nitrogens with one attached hydrogen (secondary N) is 1. The lowest BCUT2D eigenvalue weighted by molar-refractivity contribution is -0.122. The molecule has 1 fully saturated rings. The van der Waals surface area contributed by atoms with Crippen molar-refractivity contribution in [2.24, 2.45) is 0 Å². The molecule has 1 heterocycles. The van der Waals surface area contributed by atoms with E-state index in [1.165, 1.54) is 5.56 Å². The molecule has 0 aliphatic carbocycles. The van der Waals surface area contributed by atoms with E-state index in [0.717, 1.165) is 17.9 Å². The van der Waals surface area contributed by atoms with Crippen LogP contribution in [-0.2, 0) is 4.79 Å². The van der Waals surface area contributed by atoms with E-state index in [4.69, 9.17) is 9.47 Å². The van der Waals surface area contributed by atoms with Crippen LogP contribution in [0.5, 0.6) is 11.5 Å². The van der Waals surface area contributed by atoms with E-state index < -0.39 is 0 Å². The predicted octanol–water partition coefficient (Wildman–Crippen LogP) is 1.70. The minimum absolute atomic E-state index is 0.140. The largest absolute Gasteiger partial charge is 0.493 e. The van der Waals surface area contributed by atoms with Gasteiger partial charge in [0.05, 0.1) is 14.2 Å². The van der Waals surface area contributed by atoms with Gasteiger partial charge in [-0.1, -0.05) is 6.07 Å². The van der Waals surface area contributed by atoms with E-state index in [2.05, 4.69) is 5.32 Å². The Morgan fingerprint density at radius 2 is 2.00 bits per heavy atom. The fourth-order valence-electron chi connectivity index (χ4n) is 2.12. The fourth-order valence-corrected chi connectivity index (χ4v) is 2.12. The highest BCUT2D eigenvalue weighted by Crippen LogP contribution is 2.32. The molecule has 0 saturated carbocycles. The van der Waals surface area contributed by atoms with Gasteiger partial charge in [-0.25, -0.2) is 0 Å². The van der Waals surface area contributed by atoms with Gasteiger partial charge in [-0.05, 0) is 24.1 Å². The molecular weight excluding hydrogens is 218 g/mol. The van der Waals surface area contributed by atoms with Crippen molar-refractivity contribution in [1.29, 1.82) is 0 Å². The number of rotatable bonds is 3. The summed E-state index contributed by atoms with van der Waals surface area (Å²) in [6, 6.07) is 5.93. The molecule has 1 amide bonds. The van der Waals surface area contributed by atoms with Crippen LogP contribution in [0.25, 0.3) is 0 Å². The number of ether oxygens (including phenoxy) is 2. The van der Waals surface area contributed by atoms with Gasteiger partial charge in [-0.15, -0.1) is 0 Å². The Bertz CT molecular complexity index is 407. The molecule has 1 atom stereocenters. The summed E-state index contributed by atoms with van der Waals surface area (Å²) in [6.07, 6.45) is 1.49. The molecule has 0 unspecified atom stereocenters. The zero-order valence-electron chi connectivity index (χ0n) is 10.2. The van der Waals surface area contributed by atoms with Crippen LogP contribution in [-0.4, -0.2) is 26.7 Å². The van der Waals surface area contributed by atoms with Gasteiger partial charge in [-0.2, -0.15) is 0 Å². The zero-order valence-corrected chi connectivity index (χ0v) is 10.2. The van der Waals surface area contributed by atoms with Gasteiger partial charge in [0.25, 0.3) is 0 Å². The molecule has 4 heteroatoms. The Morgan fingerprint density at radius 3 is 2.59 bits per heavy atom. The maximum Gasteiger partial charge on any atom is 0.220 e. The normalized spacial score (nSPS) is 19.6. The summed E-state index contributed by atoms with van der Waals surface area (Å²) in [7, 11) is 3.25. The Morgan fingerprint density at radius 1 is 1.24 bits per heavy atom. The lowest BCUT2D eigenvalue weighted by Crippen LogP contribution is -2.33. The van der Waals surface area contributed by atoms with E-state index in [1.807, 2.05) is 18.2 Å². The van der Waals surface area contributed by atoms with Crippen molar-refractivity contribution in [1.82, 2.24) is 5.32 Å². The van der Waals surface area contributed by atoms with Crippen molar-refractivity contribution in [3.63, 3.8) is 0 Å². The Labute approximate surface area is 101 Å². The van der Waals surface area contributed by atoms with Gasteiger partial charge in [0.1, 0.15) is 0 Å². The molecule has 17 heavy (non-hydrogen) atoms. The highest BCUT2D eigenvalue weighted by molar-refractivity contribution is 5.76. The van der Waals surface area contributed by atoms with Gasteiger partial charge in [0.2, 0.25) is 5.91 Å².